The van der Waals surface area contributed by atoms with E-state index in [2.05, 4.69) is 0 Å². The van der Waals surface area contributed by atoms with Crippen LogP contribution in [0.1, 0.15) is 64.2 Å². The average molecular weight is 246 g/mol. The number of hydrogen-bond donors (Lipinski definition) is 0. The van der Waals surface area contributed by atoms with Crippen molar-refractivity contribution in [2.24, 2.45) is 35.5 Å². The second kappa shape index (κ2) is 4.35. The van der Waals surface area contributed by atoms with Crippen LogP contribution in [0.2, 0.25) is 0 Å². The van der Waals surface area contributed by atoms with E-state index in [-0.39, 0.29) is 0 Å². The van der Waals surface area contributed by atoms with E-state index in [1.54, 1.807) is 0 Å². The average Bonchev–Trinajstić information content (AvgIpc) is 3.09. The summed E-state index contributed by atoms with van der Waals surface area (Å²) in [4.78, 5) is 12.6. The first kappa shape index (κ1) is 11.5. The van der Waals surface area contributed by atoms with Crippen LogP contribution in [0.4, 0.5) is 0 Å². The minimum Gasteiger partial charge on any atom is -0.299 e. The van der Waals surface area contributed by atoms with Gasteiger partial charge in [-0.3, -0.25) is 4.79 Å². The third kappa shape index (κ3) is 1.62. The van der Waals surface area contributed by atoms with Gasteiger partial charge in [0.25, 0.3) is 0 Å². The molecule has 0 bridgehead atoms. The third-order valence-electron chi connectivity index (χ3n) is 6.82. The molecule has 5 atom stereocenters. The second-order valence-electron chi connectivity index (χ2n) is 7.50. The number of carbonyl (C=O) groups is 1. The lowest BCUT2D eigenvalue weighted by molar-refractivity contribution is -0.125. The SMILES string of the molecule is O=C1C2CCCCC2C2CC(C3CCCC3)CC12. The van der Waals surface area contributed by atoms with Crippen molar-refractivity contribution >= 4 is 5.78 Å². The Morgan fingerprint density at radius 2 is 1.39 bits per heavy atom. The van der Waals surface area contributed by atoms with Crippen LogP contribution in [0.15, 0.2) is 0 Å². The van der Waals surface area contributed by atoms with Gasteiger partial charge in [0.1, 0.15) is 5.78 Å². The molecule has 4 aliphatic carbocycles. The van der Waals surface area contributed by atoms with Crippen LogP contribution >= 0.6 is 0 Å². The van der Waals surface area contributed by atoms with Gasteiger partial charge >= 0.3 is 0 Å². The zero-order valence-corrected chi connectivity index (χ0v) is 11.4. The summed E-state index contributed by atoms with van der Waals surface area (Å²) in [6.07, 6.45) is 13.8. The highest BCUT2D eigenvalue weighted by atomic mass is 16.1. The Bertz CT molecular complexity index is 342. The predicted molar refractivity (Wildman–Crippen MR) is 72.1 cm³/mol. The van der Waals surface area contributed by atoms with Crippen LogP contribution in [0.5, 0.6) is 0 Å². The van der Waals surface area contributed by atoms with Gasteiger partial charge in [-0.25, -0.2) is 0 Å². The van der Waals surface area contributed by atoms with Gasteiger partial charge in [0.2, 0.25) is 0 Å². The van der Waals surface area contributed by atoms with Crippen molar-refractivity contribution in [1.82, 2.24) is 0 Å². The van der Waals surface area contributed by atoms with Gasteiger partial charge in [-0.15, -0.1) is 0 Å². The van der Waals surface area contributed by atoms with E-state index in [9.17, 15) is 4.79 Å². The summed E-state index contributed by atoms with van der Waals surface area (Å²) in [5.41, 5.74) is 0. The van der Waals surface area contributed by atoms with Crippen LogP contribution in [0, 0.1) is 35.5 Å². The molecule has 4 rings (SSSR count). The molecule has 0 radical (unpaired) electrons. The second-order valence-corrected chi connectivity index (χ2v) is 7.50. The quantitative estimate of drug-likeness (QED) is 0.677. The fourth-order valence-corrected chi connectivity index (χ4v) is 6.03. The monoisotopic (exact) mass is 246 g/mol. The summed E-state index contributed by atoms with van der Waals surface area (Å²) >= 11 is 0. The smallest absolute Gasteiger partial charge is 0.139 e. The van der Waals surface area contributed by atoms with Crippen LogP contribution in [-0.4, -0.2) is 5.78 Å². The summed E-state index contributed by atoms with van der Waals surface area (Å²) in [5, 5.41) is 0. The van der Waals surface area contributed by atoms with Gasteiger partial charge in [0.15, 0.2) is 0 Å². The maximum Gasteiger partial charge on any atom is 0.139 e. The summed E-state index contributed by atoms with van der Waals surface area (Å²) < 4.78 is 0. The third-order valence-corrected chi connectivity index (χ3v) is 6.82. The summed E-state index contributed by atoms with van der Waals surface area (Å²) in [7, 11) is 0. The van der Waals surface area contributed by atoms with Crippen molar-refractivity contribution < 1.29 is 4.79 Å². The molecule has 0 amide bonds. The number of fused-ring (bicyclic) bond motifs is 3. The molecule has 18 heavy (non-hydrogen) atoms. The molecule has 0 aromatic carbocycles. The topological polar surface area (TPSA) is 17.1 Å². The van der Waals surface area contributed by atoms with Crippen molar-refractivity contribution in [3.63, 3.8) is 0 Å². The van der Waals surface area contributed by atoms with Crippen LogP contribution in [0.3, 0.4) is 0 Å². The molecule has 0 N–H and O–H groups in total. The number of rotatable bonds is 1. The molecule has 0 heterocycles. The molecule has 0 aromatic heterocycles. The number of hydrogen-bond acceptors (Lipinski definition) is 1. The minimum absolute atomic E-state index is 0.498. The van der Waals surface area contributed by atoms with Crippen molar-refractivity contribution in [3.05, 3.63) is 0 Å². The van der Waals surface area contributed by atoms with Crippen molar-refractivity contribution in [1.29, 1.82) is 0 Å². The van der Waals surface area contributed by atoms with Crippen molar-refractivity contribution in [2.75, 3.05) is 0 Å². The Morgan fingerprint density at radius 1 is 0.667 bits per heavy atom. The molecule has 4 aliphatic rings. The Morgan fingerprint density at radius 3 is 2.22 bits per heavy atom. The molecule has 1 nitrogen and oxygen atoms in total. The molecular formula is C17H26O. The lowest BCUT2D eigenvalue weighted by atomic mass is 9.75. The largest absolute Gasteiger partial charge is 0.299 e. The summed E-state index contributed by atoms with van der Waals surface area (Å²) in [5.74, 6) is 5.24. The molecule has 4 fully saturated rings. The van der Waals surface area contributed by atoms with Gasteiger partial charge in [-0.1, -0.05) is 38.5 Å². The normalized spacial score (nSPS) is 48.4. The van der Waals surface area contributed by atoms with Gasteiger partial charge in [0.05, 0.1) is 0 Å². The van der Waals surface area contributed by atoms with Gasteiger partial charge < -0.3 is 0 Å². The molecule has 0 spiro atoms. The van der Waals surface area contributed by atoms with Gasteiger partial charge in [0, 0.05) is 11.8 Å². The highest BCUT2D eigenvalue weighted by Gasteiger charge is 2.54. The highest BCUT2D eigenvalue weighted by Crippen LogP contribution is 2.57. The van der Waals surface area contributed by atoms with Crippen LogP contribution in [-0.2, 0) is 4.79 Å². The highest BCUT2D eigenvalue weighted by molar-refractivity contribution is 5.87. The van der Waals surface area contributed by atoms with E-state index in [4.69, 9.17) is 0 Å². The number of carbonyl (C=O) groups excluding carboxylic acids is 1. The lowest BCUT2D eigenvalue weighted by Crippen LogP contribution is -2.23. The standard InChI is InChI=1S/C17H26O/c18-17-14-8-4-3-7-13(14)15-9-12(10-16(15)17)11-5-1-2-6-11/h11-16H,1-10H2. The van der Waals surface area contributed by atoms with Crippen LogP contribution in [0.25, 0.3) is 0 Å². The van der Waals surface area contributed by atoms with E-state index in [1.807, 2.05) is 0 Å². The first-order chi connectivity index (χ1) is 8.84. The Kier molecular flexibility index (Phi) is 2.78. The van der Waals surface area contributed by atoms with Crippen molar-refractivity contribution in [3.8, 4) is 0 Å². The molecule has 4 saturated carbocycles. The molecule has 0 aliphatic heterocycles. The van der Waals surface area contributed by atoms with Gasteiger partial charge in [-0.05, 0) is 49.4 Å². The zero-order valence-electron chi connectivity index (χ0n) is 11.4. The molecule has 5 unspecified atom stereocenters. The summed E-state index contributed by atoms with van der Waals surface area (Å²) in [6, 6.07) is 0. The molecule has 1 heteroatoms. The number of ketones is 1. The van der Waals surface area contributed by atoms with E-state index < -0.39 is 0 Å². The van der Waals surface area contributed by atoms with Crippen molar-refractivity contribution in [2.45, 2.75) is 64.2 Å². The molecule has 0 aromatic rings. The van der Waals surface area contributed by atoms with Gasteiger partial charge in [-0.2, -0.15) is 0 Å². The fourth-order valence-electron chi connectivity index (χ4n) is 6.03. The maximum atomic E-state index is 12.6. The van der Waals surface area contributed by atoms with E-state index >= 15 is 0 Å². The first-order valence-corrected chi connectivity index (χ1v) is 8.38. The number of Topliss-reactive ketones (excluding diaryl/α,β-unsaturated/α-hetero) is 1. The molecular weight excluding hydrogens is 220 g/mol. The first-order valence-electron chi connectivity index (χ1n) is 8.38. The van der Waals surface area contributed by atoms with E-state index in [0.29, 0.717) is 17.6 Å². The Hall–Kier alpha value is -0.330. The van der Waals surface area contributed by atoms with E-state index in [0.717, 1.165) is 23.7 Å². The lowest BCUT2D eigenvalue weighted by Gasteiger charge is -2.29. The maximum absolute atomic E-state index is 12.6. The predicted octanol–water partition coefficient (Wildman–Crippen LogP) is 4.21. The molecule has 100 valence electrons. The fraction of sp³-hybridized carbons (Fsp3) is 0.941. The summed E-state index contributed by atoms with van der Waals surface area (Å²) in [6.45, 7) is 0. The minimum atomic E-state index is 0.498. The van der Waals surface area contributed by atoms with Crippen LogP contribution < -0.4 is 0 Å². The zero-order chi connectivity index (χ0) is 12.1. The Labute approximate surface area is 111 Å². The Balaban J connectivity index is 1.51. The van der Waals surface area contributed by atoms with E-state index in [1.165, 1.54) is 64.2 Å². The molecule has 0 saturated heterocycles.